The van der Waals surface area contributed by atoms with Crippen molar-refractivity contribution < 1.29 is 0 Å². The molecule has 0 saturated carbocycles. The summed E-state index contributed by atoms with van der Waals surface area (Å²) >= 11 is 0. The van der Waals surface area contributed by atoms with E-state index in [2.05, 4.69) is 42.4 Å². The molecule has 0 amide bonds. The van der Waals surface area contributed by atoms with Gasteiger partial charge in [-0.05, 0) is 44.4 Å². The van der Waals surface area contributed by atoms with Gasteiger partial charge in [0, 0.05) is 19.1 Å². The standard InChI is InChI=1S/C17H29N3/c1-3-11-18-16(4-2)17-10-9-15(14-19-17)20-12-7-5-6-8-13-20/h9-10,14,16,18H,3-8,11-13H2,1-2H3. The van der Waals surface area contributed by atoms with Crippen LogP contribution in [0.1, 0.15) is 64.1 Å². The fourth-order valence-electron chi connectivity index (χ4n) is 2.90. The van der Waals surface area contributed by atoms with Crippen LogP contribution < -0.4 is 10.2 Å². The minimum Gasteiger partial charge on any atom is -0.370 e. The summed E-state index contributed by atoms with van der Waals surface area (Å²) in [5.41, 5.74) is 2.47. The Morgan fingerprint density at radius 2 is 1.90 bits per heavy atom. The molecule has 1 aromatic heterocycles. The zero-order valence-electron chi connectivity index (χ0n) is 13.1. The lowest BCUT2D eigenvalue weighted by molar-refractivity contribution is 0.507. The first-order valence-electron chi connectivity index (χ1n) is 8.29. The molecule has 0 aliphatic carbocycles. The van der Waals surface area contributed by atoms with Gasteiger partial charge in [-0.25, -0.2) is 0 Å². The molecule has 1 N–H and O–H groups in total. The molecule has 1 unspecified atom stereocenters. The van der Waals surface area contributed by atoms with Crippen molar-refractivity contribution in [3.05, 3.63) is 24.0 Å². The average molecular weight is 275 g/mol. The van der Waals surface area contributed by atoms with Gasteiger partial charge in [0.15, 0.2) is 0 Å². The number of hydrogen-bond acceptors (Lipinski definition) is 3. The van der Waals surface area contributed by atoms with E-state index < -0.39 is 0 Å². The summed E-state index contributed by atoms with van der Waals surface area (Å²) in [4.78, 5) is 7.19. The first-order chi connectivity index (χ1) is 9.85. The van der Waals surface area contributed by atoms with E-state index in [1.165, 1.54) is 56.6 Å². The van der Waals surface area contributed by atoms with Gasteiger partial charge in [0.05, 0.1) is 17.6 Å². The molecule has 1 aliphatic rings. The lowest BCUT2D eigenvalue weighted by Gasteiger charge is -2.23. The van der Waals surface area contributed by atoms with E-state index in [0.717, 1.165) is 13.0 Å². The smallest absolute Gasteiger partial charge is 0.0574 e. The SMILES string of the molecule is CCCNC(CC)c1ccc(N2CCCCCC2)cn1. The van der Waals surface area contributed by atoms with Crippen LogP contribution in [0.4, 0.5) is 5.69 Å². The zero-order valence-corrected chi connectivity index (χ0v) is 13.1. The molecule has 1 saturated heterocycles. The van der Waals surface area contributed by atoms with Crippen molar-refractivity contribution in [3.63, 3.8) is 0 Å². The number of hydrogen-bond donors (Lipinski definition) is 1. The average Bonchev–Trinajstić information content (AvgIpc) is 2.78. The molecular weight excluding hydrogens is 246 g/mol. The fourth-order valence-corrected chi connectivity index (χ4v) is 2.90. The number of pyridine rings is 1. The summed E-state index contributed by atoms with van der Waals surface area (Å²) in [5.74, 6) is 0. The highest BCUT2D eigenvalue weighted by Crippen LogP contribution is 2.21. The molecule has 2 heterocycles. The summed E-state index contributed by atoms with van der Waals surface area (Å²) in [7, 11) is 0. The predicted molar refractivity (Wildman–Crippen MR) is 86.2 cm³/mol. The molecule has 20 heavy (non-hydrogen) atoms. The second kappa shape index (κ2) is 8.25. The van der Waals surface area contributed by atoms with Gasteiger partial charge in [-0.3, -0.25) is 4.98 Å². The van der Waals surface area contributed by atoms with Crippen LogP contribution in [0.5, 0.6) is 0 Å². The van der Waals surface area contributed by atoms with Crippen molar-refractivity contribution in [1.29, 1.82) is 0 Å². The highest BCUT2D eigenvalue weighted by atomic mass is 15.1. The molecule has 0 aromatic carbocycles. The van der Waals surface area contributed by atoms with Gasteiger partial charge in [0.2, 0.25) is 0 Å². The summed E-state index contributed by atoms with van der Waals surface area (Å²) in [6.45, 7) is 7.86. The van der Waals surface area contributed by atoms with Crippen molar-refractivity contribution >= 4 is 5.69 Å². The Morgan fingerprint density at radius 1 is 1.15 bits per heavy atom. The summed E-state index contributed by atoms with van der Waals surface area (Å²) < 4.78 is 0. The Bertz CT molecular complexity index is 366. The van der Waals surface area contributed by atoms with Gasteiger partial charge < -0.3 is 10.2 Å². The predicted octanol–water partition coefficient (Wildman–Crippen LogP) is 3.91. The third kappa shape index (κ3) is 4.20. The number of aromatic nitrogens is 1. The van der Waals surface area contributed by atoms with E-state index in [1.54, 1.807) is 0 Å². The van der Waals surface area contributed by atoms with E-state index in [-0.39, 0.29) is 0 Å². The van der Waals surface area contributed by atoms with Gasteiger partial charge in [-0.15, -0.1) is 0 Å². The minimum atomic E-state index is 0.396. The van der Waals surface area contributed by atoms with Crippen LogP contribution in [0.15, 0.2) is 18.3 Å². The Kier molecular flexibility index (Phi) is 6.31. The number of rotatable bonds is 6. The lowest BCUT2D eigenvalue weighted by Crippen LogP contribution is -2.25. The maximum absolute atomic E-state index is 4.70. The minimum absolute atomic E-state index is 0.396. The topological polar surface area (TPSA) is 28.2 Å². The Hall–Kier alpha value is -1.09. The Balaban J connectivity index is 2.00. The summed E-state index contributed by atoms with van der Waals surface area (Å²) in [6, 6.07) is 4.86. The zero-order chi connectivity index (χ0) is 14.2. The molecule has 0 radical (unpaired) electrons. The summed E-state index contributed by atoms with van der Waals surface area (Å²) in [6.07, 6.45) is 9.71. The van der Waals surface area contributed by atoms with Crippen LogP contribution in [0.25, 0.3) is 0 Å². The van der Waals surface area contributed by atoms with Crippen molar-refractivity contribution in [2.45, 2.75) is 58.4 Å². The van der Waals surface area contributed by atoms with E-state index in [1.807, 2.05) is 0 Å². The molecule has 112 valence electrons. The molecule has 0 spiro atoms. The monoisotopic (exact) mass is 275 g/mol. The first kappa shape index (κ1) is 15.3. The molecule has 1 fully saturated rings. The van der Waals surface area contributed by atoms with E-state index >= 15 is 0 Å². The van der Waals surface area contributed by atoms with Gasteiger partial charge in [0.1, 0.15) is 0 Å². The van der Waals surface area contributed by atoms with Gasteiger partial charge in [-0.1, -0.05) is 26.7 Å². The van der Waals surface area contributed by atoms with Crippen molar-refractivity contribution in [1.82, 2.24) is 10.3 Å². The number of nitrogens with one attached hydrogen (secondary N) is 1. The van der Waals surface area contributed by atoms with Crippen LogP contribution in [-0.4, -0.2) is 24.6 Å². The van der Waals surface area contributed by atoms with Crippen LogP contribution in [0.3, 0.4) is 0 Å². The third-order valence-electron chi connectivity index (χ3n) is 4.15. The molecule has 3 heteroatoms. The fraction of sp³-hybridized carbons (Fsp3) is 0.706. The summed E-state index contributed by atoms with van der Waals surface area (Å²) in [5, 5.41) is 3.57. The molecule has 1 aliphatic heterocycles. The maximum Gasteiger partial charge on any atom is 0.0574 e. The first-order valence-corrected chi connectivity index (χ1v) is 8.29. The third-order valence-corrected chi connectivity index (χ3v) is 4.15. The molecule has 2 rings (SSSR count). The van der Waals surface area contributed by atoms with Crippen molar-refractivity contribution in [2.75, 3.05) is 24.5 Å². The molecule has 0 bridgehead atoms. The van der Waals surface area contributed by atoms with E-state index in [4.69, 9.17) is 4.98 Å². The Labute approximate surface area is 123 Å². The van der Waals surface area contributed by atoms with E-state index in [0.29, 0.717) is 6.04 Å². The van der Waals surface area contributed by atoms with Crippen LogP contribution in [0.2, 0.25) is 0 Å². The van der Waals surface area contributed by atoms with Gasteiger partial charge in [0.25, 0.3) is 0 Å². The van der Waals surface area contributed by atoms with Crippen LogP contribution >= 0.6 is 0 Å². The largest absolute Gasteiger partial charge is 0.370 e. The van der Waals surface area contributed by atoms with Crippen molar-refractivity contribution in [2.24, 2.45) is 0 Å². The maximum atomic E-state index is 4.70. The quantitative estimate of drug-likeness (QED) is 0.853. The molecular formula is C17H29N3. The molecule has 1 aromatic rings. The highest BCUT2D eigenvalue weighted by molar-refractivity contribution is 5.44. The van der Waals surface area contributed by atoms with Gasteiger partial charge in [-0.2, -0.15) is 0 Å². The Morgan fingerprint density at radius 3 is 2.45 bits per heavy atom. The highest BCUT2D eigenvalue weighted by Gasteiger charge is 2.13. The number of nitrogens with zero attached hydrogens (tertiary/aromatic N) is 2. The second-order valence-electron chi connectivity index (χ2n) is 5.76. The van der Waals surface area contributed by atoms with Gasteiger partial charge >= 0.3 is 0 Å². The lowest BCUT2D eigenvalue weighted by atomic mass is 10.1. The van der Waals surface area contributed by atoms with Crippen LogP contribution in [0, 0.1) is 0 Å². The van der Waals surface area contributed by atoms with Crippen LogP contribution in [-0.2, 0) is 0 Å². The van der Waals surface area contributed by atoms with E-state index in [9.17, 15) is 0 Å². The second-order valence-corrected chi connectivity index (χ2v) is 5.76. The van der Waals surface area contributed by atoms with Crippen molar-refractivity contribution in [3.8, 4) is 0 Å². The number of anilines is 1. The normalized spacial score (nSPS) is 17.8. The molecule has 1 atom stereocenters. The molecule has 3 nitrogen and oxygen atoms in total.